The lowest BCUT2D eigenvalue weighted by Crippen LogP contribution is -2.33. The van der Waals surface area contributed by atoms with Gasteiger partial charge in [0, 0.05) is 0 Å². The fourth-order valence-corrected chi connectivity index (χ4v) is 4.89. The molecule has 0 fully saturated rings. The number of hydrogen-bond acceptors (Lipinski definition) is 7. The minimum absolute atomic E-state index is 0. The van der Waals surface area contributed by atoms with E-state index in [1.54, 1.807) is 0 Å². The number of hydrogen-bond donors (Lipinski definition) is 5. The van der Waals surface area contributed by atoms with Gasteiger partial charge >= 0.3 is 0 Å². The molecule has 0 aliphatic heterocycles. The first-order valence-electron chi connectivity index (χ1n) is 12.8. The van der Waals surface area contributed by atoms with Crippen LogP contribution in [-0.2, 0) is 9.84 Å². The third-order valence-electron chi connectivity index (χ3n) is 5.56. The van der Waals surface area contributed by atoms with Crippen molar-refractivity contribution in [1.82, 2.24) is 16.0 Å². The molecule has 0 aromatic rings. The van der Waals surface area contributed by atoms with Crippen LogP contribution >= 0.6 is 49.6 Å². The summed E-state index contributed by atoms with van der Waals surface area (Å²) in [6, 6.07) is 0. The van der Waals surface area contributed by atoms with Crippen LogP contribution in [0.4, 0.5) is 0 Å². The molecule has 0 aromatic heterocycles. The van der Waals surface area contributed by atoms with E-state index in [1.165, 1.54) is 38.5 Å². The second kappa shape index (κ2) is 34.9. The largest absolute Gasteiger partial charge is 0.330 e. The summed E-state index contributed by atoms with van der Waals surface area (Å²) in [4.78, 5) is 0. The van der Waals surface area contributed by atoms with Gasteiger partial charge in [-0.2, -0.15) is 0 Å². The van der Waals surface area contributed by atoms with E-state index in [2.05, 4.69) is 22.9 Å². The summed E-state index contributed by atoms with van der Waals surface area (Å²) in [6.07, 6.45) is 13.6. The molecule has 0 amide bonds. The first-order valence-corrected chi connectivity index (χ1v) is 14.6. The van der Waals surface area contributed by atoms with Gasteiger partial charge in [0.1, 0.15) is 5.37 Å². The maximum Gasteiger partial charge on any atom is 0.165 e. The summed E-state index contributed by atoms with van der Waals surface area (Å²) in [6.45, 7) is 9.00. The quantitative estimate of drug-likeness (QED) is 0.0985. The molecule has 0 saturated carbocycles. The molecule has 7 N–H and O–H groups in total. The Balaban J connectivity index is -0.000000750. The van der Waals surface area contributed by atoms with Gasteiger partial charge < -0.3 is 27.4 Å². The molecule has 7 nitrogen and oxygen atoms in total. The summed E-state index contributed by atoms with van der Waals surface area (Å²) in [5.74, 6) is 0.240. The van der Waals surface area contributed by atoms with Gasteiger partial charge in [0.2, 0.25) is 0 Å². The lowest BCUT2D eigenvalue weighted by molar-refractivity contribution is 0.537. The van der Waals surface area contributed by atoms with Crippen molar-refractivity contribution in [2.24, 2.45) is 11.5 Å². The lowest BCUT2D eigenvalue weighted by Gasteiger charge is -2.13. The van der Waals surface area contributed by atoms with Crippen LogP contribution in [0.3, 0.4) is 0 Å². The Bertz CT molecular complexity index is 481. The molecule has 0 bridgehead atoms. The second-order valence-electron chi connectivity index (χ2n) is 8.62. The average molecular weight is 610 g/mol. The van der Waals surface area contributed by atoms with Crippen molar-refractivity contribution in [2.75, 3.05) is 51.6 Å². The highest BCUT2D eigenvalue weighted by Crippen LogP contribution is 2.10. The highest BCUT2D eigenvalue weighted by atomic mass is 35.5. The molecular weight excluding hydrogens is 552 g/mol. The van der Waals surface area contributed by atoms with Gasteiger partial charge in [-0.15, -0.1) is 49.6 Å². The van der Waals surface area contributed by atoms with Crippen molar-refractivity contribution in [3.63, 3.8) is 0 Å². The standard InChI is InChI=1S/C23H53N5O2S.4ClH/c1-2-3-4-5-6-11-22-31(29,30)23(25)14-12-19-28-21-13-20-27-18-10-9-17-26-16-8-7-15-24;;;;/h23,26-28H,2-22,24-25H2,1H3;4*1H. The summed E-state index contributed by atoms with van der Waals surface area (Å²) >= 11 is 0. The fourth-order valence-electron chi connectivity index (χ4n) is 3.45. The molecular formula is C23H57Cl4N5O2S. The van der Waals surface area contributed by atoms with Crippen LogP contribution in [0.25, 0.3) is 0 Å². The number of nitrogens with two attached hydrogens (primary N) is 2. The van der Waals surface area contributed by atoms with E-state index in [9.17, 15) is 8.42 Å². The molecule has 0 rings (SSSR count). The molecule has 1 atom stereocenters. The first kappa shape index (κ1) is 45.8. The van der Waals surface area contributed by atoms with Gasteiger partial charge in [0.15, 0.2) is 9.84 Å². The molecule has 0 saturated heterocycles. The number of rotatable bonds is 25. The molecule has 35 heavy (non-hydrogen) atoms. The third kappa shape index (κ3) is 32.9. The van der Waals surface area contributed by atoms with E-state index < -0.39 is 15.2 Å². The van der Waals surface area contributed by atoms with E-state index in [0.717, 1.165) is 84.3 Å². The van der Waals surface area contributed by atoms with Gasteiger partial charge in [0.25, 0.3) is 0 Å². The van der Waals surface area contributed by atoms with E-state index >= 15 is 0 Å². The predicted octanol–water partition coefficient (Wildman–Crippen LogP) is 4.19. The number of nitrogens with one attached hydrogen (secondary N) is 3. The highest BCUT2D eigenvalue weighted by Gasteiger charge is 2.20. The van der Waals surface area contributed by atoms with Crippen LogP contribution in [0.5, 0.6) is 0 Å². The molecule has 0 spiro atoms. The Hall–Kier alpha value is 0.910. The van der Waals surface area contributed by atoms with E-state index in [4.69, 9.17) is 11.5 Å². The minimum atomic E-state index is -3.14. The molecule has 0 aliphatic rings. The lowest BCUT2D eigenvalue weighted by atomic mass is 10.1. The van der Waals surface area contributed by atoms with Crippen LogP contribution in [0, 0.1) is 0 Å². The maximum atomic E-state index is 12.2. The van der Waals surface area contributed by atoms with Crippen molar-refractivity contribution in [3.8, 4) is 0 Å². The molecule has 1 unspecified atom stereocenters. The fraction of sp³-hybridized carbons (Fsp3) is 1.00. The van der Waals surface area contributed by atoms with Gasteiger partial charge in [-0.1, -0.05) is 39.0 Å². The SMILES string of the molecule is CCCCCCCCS(=O)(=O)C(N)CCCNCCCNCCCCNCCCCN.Cl.Cl.Cl.Cl. The number of unbranched alkanes of at least 4 members (excludes halogenated alkanes) is 7. The van der Waals surface area contributed by atoms with Crippen molar-refractivity contribution >= 4 is 59.5 Å². The molecule has 0 heterocycles. The van der Waals surface area contributed by atoms with Crippen LogP contribution in [0.2, 0.25) is 0 Å². The van der Waals surface area contributed by atoms with Gasteiger partial charge in [-0.05, 0) is 97.2 Å². The van der Waals surface area contributed by atoms with E-state index in [1.807, 2.05) is 0 Å². The molecule has 0 radical (unpaired) electrons. The molecule has 0 aliphatic carbocycles. The Kier molecular flexibility index (Phi) is 45.7. The average Bonchev–Trinajstić information content (AvgIpc) is 2.75. The topological polar surface area (TPSA) is 122 Å². The smallest absolute Gasteiger partial charge is 0.165 e. The van der Waals surface area contributed by atoms with Gasteiger partial charge in [0.05, 0.1) is 5.75 Å². The summed E-state index contributed by atoms with van der Waals surface area (Å²) in [7, 11) is -3.14. The summed E-state index contributed by atoms with van der Waals surface area (Å²) in [5, 5.41) is 9.61. The van der Waals surface area contributed by atoms with Crippen molar-refractivity contribution in [2.45, 2.75) is 95.8 Å². The molecule has 0 aromatic carbocycles. The Morgan fingerprint density at radius 1 is 0.600 bits per heavy atom. The van der Waals surface area contributed by atoms with Crippen molar-refractivity contribution < 1.29 is 8.42 Å². The second-order valence-corrected chi connectivity index (χ2v) is 11.0. The van der Waals surface area contributed by atoms with E-state index in [0.29, 0.717) is 6.42 Å². The van der Waals surface area contributed by atoms with Gasteiger partial charge in [-0.3, -0.25) is 0 Å². The van der Waals surface area contributed by atoms with Crippen LogP contribution in [0.1, 0.15) is 90.4 Å². The minimum Gasteiger partial charge on any atom is -0.330 e. The van der Waals surface area contributed by atoms with Crippen molar-refractivity contribution in [1.29, 1.82) is 0 Å². The van der Waals surface area contributed by atoms with Crippen LogP contribution in [0.15, 0.2) is 0 Å². The van der Waals surface area contributed by atoms with E-state index in [-0.39, 0.29) is 55.4 Å². The number of sulfone groups is 1. The first-order chi connectivity index (χ1) is 15.0. The van der Waals surface area contributed by atoms with Crippen LogP contribution < -0.4 is 27.4 Å². The number of halogens is 4. The predicted molar refractivity (Wildman–Crippen MR) is 164 cm³/mol. The third-order valence-corrected chi connectivity index (χ3v) is 7.57. The Labute approximate surface area is 241 Å². The van der Waals surface area contributed by atoms with Gasteiger partial charge in [-0.25, -0.2) is 8.42 Å². The zero-order valence-electron chi connectivity index (χ0n) is 21.9. The Morgan fingerprint density at radius 2 is 1.03 bits per heavy atom. The van der Waals surface area contributed by atoms with Crippen LogP contribution in [-0.4, -0.2) is 65.4 Å². The zero-order chi connectivity index (χ0) is 23.0. The maximum absolute atomic E-state index is 12.2. The zero-order valence-corrected chi connectivity index (χ0v) is 26.0. The highest BCUT2D eigenvalue weighted by molar-refractivity contribution is 7.91. The van der Waals surface area contributed by atoms with Crippen molar-refractivity contribution in [3.05, 3.63) is 0 Å². The molecule has 12 heteroatoms. The Morgan fingerprint density at radius 3 is 1.54 bits per heavy atom. The normalized spacial score (nSPS) is 11.5. The monoisotopic (exact) mass is 607 g/mol. The summed E-state index contributed by atoms with van der Waals surface area (Å²) in [5.41, 5.74) is 11.4. The summed E-state index contributed by atoms with van der Waals surface area (Å²) < 4.78 is 24.5. The molecule has 220 valence electrons.